The predicted molar refractivity (Wildman–Crippen MR) is 280 cm³/mol. The van der Waals surface area contributed by atoms with Crippen LogP contribution in [0.2, 0.25) is 16.6 Å². The third-order valence-corrected chi connectivity index (χ3v) is 20.9. The second kappa shape index (κ2) is 35.5. The number of hydrogen-bond donors (Lipinski definition) is 0. The van der Waals surface area contributed by atoms with E-state index in [0.29, 0.717) is 142 Å². The van der Waals surface area contributed by atoms with E-state index in [1.807, 2.05) is 32.0 Å². The summed E-state index contributed by atoms with van der Waals surface area (Å²) in [5.74, 6) is 0. The molecule has 19 heteroatoms. The number of aryl methyl sites for hydroxylation is 2. The zero-order valence-corrected chi connectivity index (χ0v) is 47.0. The van der Waals surface area contributed by atoms with Crippen molar-refractivity contribution in [2.45, 2.75) is 101 Å². The Morgan fingerprint density at radius 2 is 0.722 bits per heavy atom. The lowest BCUT2D eigenvalue weighted by molar-refractivity contribution is -0.0497. The van der Waals surface area contributed by atoms with Crippen LogP contribution in [0.25, 0.3) is 0 Å². The molecule has 0 atom stereocenters. The van der Waals surface area contributed by atoms with Crippen molar-refractivity contribution in [2.75, 3.05) is 132 Å². The molecule has 0 fully saturated rings. The van der Waals surface area contributed by atoms with Crippen LogP contribution in [0.5, 0.6) is 0 Å². The Balaban J connectivity index is 1.39. The summed E-state index contributed by atoms with van der Waals surface area (Å²) in [5.41, 5.74) is 3.90. The van der Waals surface area contributed by atoms with Crippen molar-refractivity contribution in [3.05, 3.63) is 95.6 Å². The van der Waals surface area contributed by atoms with Gasteiger partial charge in [0, 0.05) is 25.2 Å². The van der Waals surface area contributed by atoms with Gasteiger partial charge in [-0.05, 0) is 73.1 Å². The summed E-state index contributed by atoms with van der Waals surface area (Å²) < 4.78 is 119. The highest BCUT2D eigenvalue weighted by Crippen LogP contribution is 2.44. The molecule has 0 aliphatic carbocycles. The summed E-state index contributed by atoms with van der Waals surface area (Å²) in [7, 11) is -9.88. The van der Waals surface area contributed by atoms with E-state index < -0.39 is 28.6 Å². The van der Waals surface area contributed by atoms with Gasteiger partial charge in [0.15, 0.2) is 8.32 Å². The maximum Gasteiger partial charge on any atom is 0.297 e. The minimum Gasteiger partial charge on any atom is -0.415 e. The first kappa shape index (κ1) is 63.6. The second-order valence-electron chi connectivity index (χ2n) is 18.7. The van der Waals surface area contributed by atoms with Crippen LogP contribution in [-0.2, 0) is 82.3 Å². The van der Waals surface area contributed by atoms with Gasteiger partial charge in [0.1, 0.15) is 0 Å². The Labute approximate surface area is 433 Å². The average molecular weight is 1070 g/mol. The molecule has 3 aromatic rings. The summed E-state index contributed by atoms with van der Waals surface area (Å²) in [6, 6.07) is 23.2. The normalized spacial score (nSPS) is 12.8. The van der Waals surface area contributed by atoms with E-state index in [1.54, 1.807) is 24.3 Å². The highest BCUT2D eigenvalue weighted by Gasteiger charge is 2.47. The van der Waals surface area contributed by atoms with E-state index in [4.69, 9.17) is 55.4 Å². The van der Waals surface area contributed by atoms with Crippen molar-refractivity contribution in [3.8, 4) is 0 Å². The number of ether oxygens (including phenoxy) is 9. The SMILES string of the molecule is Cc1ccc(S(=O)(=O)OCCOCCOCCOCCOCCC(CCOCCOCCOCCOCCOS(=O)(=O)c2ccc(C)cc2)(COCc2ccccc2)CO[Si](C(C)C)(C(C)C)C(C)C)cc1. The second-order valence-corrected chi connectivity index (χ2v) is 27.4. The molecule has 0 saturated heterocycles. The van der Waals surface area contributed by atoms with Crippen molar-refractivity contribution in [1.82, 2.24) is 0 Å². The average Bonchev–Trinajstić information content (AvgIpc) is 3.34. The lowest BCUT2D eigenvalue weighted by atomic mass is 9.83. The van der Waals surface area contributed by atoms with Crippen molar-refractivity contribution >= 4 is 28.6 Å². The quantitative estimate of drug-likeness (QED) is 0.0298. The molecule has 0 aliphatic heterocycles. The molecule has 3 aromatic carbocycles. The van der Waals surface area contributed by atoms with Gasteiger partial charge < -0.3 is 47.1 Å². The van der Waals surface area contributed by atoms with E-state index in [2.05, 4.69) is 53.7 Å². The smallest absolute Gasteiger partial charge is 0.297 e. The van der Waals surface area contributed by atoms with Gasteiger partial charge in [-0.1, -0.05) is 107 Å². The van der Waals surface area contributed by atoms with Crippen LogP contribution in [-0.4, -0.2) is 157 Å². The lowest BCUT2D eigenvalue weighted by Crippen LogP contribution is -2.51. The summed E-state index contributed by atoms with van der Waals surface area (Å²) in [4.78, 5) is 0.234. The molecule has 0 spiro atoms. The molecule has 0 N–H and O–H groups in total. The number of rotatable bonds is 44. The number of hydrogen-bond acceptors (Lipinski definition) is 16. The Bertz CT molecular complexity index is 1930. The number of benzene rings is 3. The molecule has 410 valence electrons. The van der Waals surface area contributed by atoms with E-state index in [-0.39, 0.29) is 41.6 Å². The fraction of sp³-hybridized carbons (Fsp3) is 0.660. The van der Waals surface area contributed by atoms with E-state index in [0.717, 1.165) is 16.7 Å². The van der Waals surface area contributed by atoms with Crippen molar-refractivity contribution in [2.24, 2.45) is 5.41 Å². The Morgan fingerprint density at radius 3 is 1.06 bits per heavy atom. The van der Waals surface area contributed by atoms with Gasteiger partial charge in [0.25, 0.3) is 20.2 Å². The highest BCUT2D eigenvalue weighted by molar-refractivity contribution is 7.87. The lowest BCUT2D eigenvalue weighted by Gasteiger charge is -2.45. The first-order valence-corrected chi connectivity index (χ1v) is 30.3. The molecular weight excluding hydrogens is 985 g/mol. The van der Waals surface area contributed by atoms with Crippen LogP contribution in [0.4, 0.5) is 0 Å². The molecule has 0 amide bonds. The van der Waals surface area contributed by atoms with E-state index >= 15 is 0 Å². The van der Waals surface area contributed by atoms with E-state index in [9.17, 15) is 16.8 Å². The fourth-order valence-corrected chi connectivity index (χ4v) is 15.6. The van der Waals surface area contributed by atoms with Crippen molar-refractivity contribution in [1.29, 1.82) is 0 Å². The van der Waals surface area contributed by atoms with Gasteiger partial charge in [-0.3, -0.25) is 8.37 Å². The van der Waals surface area contributed by atoms with Crippen molar-refractivity contribution < 1.29 is 72.3 Å². The van der Waals surface area contributed by atoms with Crippen LogP contribution in [0, 0.1) is 19.3 Å². The summed E-state index contributed by atoms with van der Waals surface area (Å²) >= 11 is 0. The largest absolute Gasteiger partial charge is 0.415 e. The first-order valence-electron chi connectivity index (χ1n) is 25.3. The summed E-state index contributed by atoms with van der Waals surface area (Å²) in [6.07, 6.45) is 1.40. The third-order valence-electron chi connectivity index (χ3n) is 12.2. The molecule has 0 saturated carbocycles. The van der Waals surface area contributed by atoms with Crippen molar-refractivity contribution in [3.63, 3.8) is 0 Å². The summed E-state index contributed by atoms with van der Waals surface area (Å²) in [5, 5.41) is 0. The molecule has 3 rings (SSSR count). The van der Waals surface area contributed by atoms with Gasteiger partial charge in [-0.15, -0.1) is 0 Å². The molecule has 0 bridgehead atoms. The molecule has 16 nitrogen and oxygen atoms in total. The molecule has 0 unspecified atom stereocenters. The van der Waals surface area contributed by atoms with Crippen LogP contribution < -0.4 is 0 Å². The monoisotopic (exact) mass is 1070 g/mol. The fourth-order valence-electron chi connectivity index (χ4n) is 8.25. The van der Waals surface area contributed by atoms with Crippen LogP contribution in [0.3, 0.4) is 0 Å². The molecule has 72 heavy (non-hydrogen) atoms. The topological polar surface area (TPSA) is 179 Å². The molecule has 0 aliphatic rings. The maximum absolute atomic E-state index is 12.3. The first-order chi connectivity index (χ1) is 34.5. The Hall–Kier alpha value is -2.70. The zero-order valence-electron chi connectivity index (χ0n) is 44.3. The standard InChI is InChI=1S/C53H86O16S2Si/c1-45(2)72(46(3)4,47(5)6)69-44-53(43-66-42-50-12-10-9-11-13-50,22-24-58-26-28-60-30-32-62-34-36-64-38-40-67-70(54,55)51-18-14-48(7)15-19-51)23-25-59-27-29-61-31-33-63-35-37-65-39-41-68-71(56,57)52-20-16-49(8)17-21-52/h9-21,45-47H,22-44H2,1-8H3. The van der Waals surface area contributed by atoms with Crippen LogP contribution >= 0.6 is 0 Å². The maximum atomic E-state index is 12.3. The molecule has 0 heterocycles. The minimum atomic E-state index is -3.82. The Kier molecular flexibility index (Phi) is 31.4. The molecule has 0 aromatic heterocycles. The summed E-state index contributed by atoms with van der Waals surface area (Å²) in [6.45, 7) is 24.6. The van der Waals surface area contributed by atoms with Gasteiger partial charge >= 0.3 is 0 Å². The molecular formula is C53H86O16S2Si. The van der Waals surface area contributed by atoms with E-state index in [1.165, 1.54) is 24.3 Å². The zero-order chi connectivity index (χ0) is 52.6. The van der Waals surface area contributed by atoms with Crippen LogP contribution in [0.15, 0.2) is 88.7 Å². The van der Waals surface area contributed by atoms with Gasteiger partial charge in [0.05, 0.1) is 129 Å². The van der Waals surface area contributed by atoms with Gasteiger partial charge in [-0.2, -0.15) is 16.8 Å². The van der Waals surface area contributed by atoms with Gasteiger partial charge in [-0.25, -0.2) is 0 Å². The Morgan fingerprint density at radius 1 is 0.403 bits per heavy atom. The molecule has 0 radical (unpaired) electrons. The van der Waals surface area contributed by atoms with Crippen LogP contribution in [0.1, 0.15) is 71.1 Å². The highest BCUT2D eigenvalue weighted by atomic mass is 32.2. The van der Waals surface area contributed by atoms with Gasteiger partial charge in [0.2, 0.25) is 0 Å². The predicted octanol–water partition coefficient (Wildman–Crippen LogP) is 8.72. The minimum absolute atomic E-state index is 0.0828. The third kappa shape index (κ3) is 24.8.